The third-order valence-electron chi connectivity index (χ3n) is 7.06. The molecule has 0 spiro atoms. The number of hydrogen-bond donors (Lipinski definition) is 0. The summed E-state index contributed by atoms with van der Waals surface area (Å²) in [6.45, 7) is 7.32. The second-order valence-electron chi connectivity index (χ2n) is 11.3. The largest absolute Gasteiger partial charge is 0.456 e. The number of esters is 1. The van der Waals surface area contributed by atoms with Crippen LogP contribution >= 0.6 is 23.2 Å². The second-order valence-corrected chi connectivity index (χ2v) is 12.1. The van der Waals surface area contributed by atoms with E-state index in [9.17, 15) is 14.4 Å². The average molecular weight is 623 g/mol. The molecule has 1 aliphatic rings. The predicted octanol–water partition coefficient (Wildman–Crippen LogP) is 5.37. The molecule has 12 heteroatoms. The Hall–Kier alpha value is -4.28. The van der Waals surface area contributed by atoms with Gasteiger partial charge in [-0.25, -0.2) is 19.1 Å². The minimum absolute atomic E-state index is 0.0974. The maximum absolute atomic E-state index is 14.2. The van der Waals surface area contributed by atoms with Crippen molar-refractivity contribution in [1.82, 2.24) is 19.3 Å². The molecule has 4 aromatic rings. The van der Waals surface area contributed by atoms with Gasteiger partial charge in [0.1, 0.15) is 17.1 Å². The topological polar surface area (TPSA) is 102 Å². The van der Waals surface area contributed by atoms with E-state index in [2.05, 4.69) is 5.10 Å². The Morgan fingerprint density at radius 1 is 1.02 bits per heavy atom. The third kappa shape index (κ3) is 5.98. The van der Waals surface area contributed by atoms with Crippen molar-refractivity contribution in [2.45, 2.75) is 46.3 Å². The molecule has 1 amide bonds. The Morgan fingerprint density at radius 2 is 1.70 bits per heavy atom. The van der Waals surface area contributed by atoms with Crippen LogP contribution in [-0.4, -0.2) is 54.1 Å². The fraction of sp³-hybridized carbons (Fsp3) is 0.290. The number of amides is 1. The molecule has 0 saturated carbocycles. The van der Waals surface area contributed by atoms with E-state index >= 15 is 0 Å². The monoisotopic (exact) mass is 621 g/mol. The smallest absolute Gasteiger partial charge is 0.419 e. The first-order valence-electron chi connectivity index (χ1n) is 13.5. The number of aryl methyl sites for hydroxylation is 1. The molecule has 1 aliphatic heterocycles. The van der Waals surface area contributed by atoms with Crippen molar-refractivity contribution in [3.8, 4) is 5.69 Å². The molecular weight excluding hydrogens is 591 g/mol. The van der Waals surface area contributed by atoms with Gasteiger partial charge in [0.2, 0.25) is 5.95 Å². The van der Waals surface area contributed by atoms with Crippen molar-refractivity contribution in [1.29, 1.82) is 0 Å². The van der Waals surface area contributed by atoms with E-state index in [0.29, 0.717) is 50.6 Å². The van der Waals surface area contributed by atoms with Crippen LogP contribution in [0, 0.1) is 0 Å². The van der Waals surface area contributed by atoms with Crippen LogP contribution in [0.15, 0.2) is 59.5 Å². The van der Waals surface area contributed by atoms with Crippen molar-refractivity contribution in [2.75, 3.05) is 11.9 Å². The standard InChI is InChI=1S/C31H31Cl2N6O4/c1-18-15-22-25(17-38(18)27(40)20-9-12-23(32)24(33)16-20)35-30(36(5)26-13-14-34-37(26)6)39(28(22)41)21-10-7-19(8-11-21)29(42)43-31(2,3)4/h7-14,16H,15,17H2,1-6H3/q+1. The zero-order valence-corrected chi connectivity index (χ0v) is 26.2. The van der Waals surface area contributed by atoms with E-state index in [1.165, 1.54) is 10.6 Å². The number of hydrogen-bond acceptors (Lipinski definition) is 7. The first-order chi connectivity index (χ1) is 20.2. The van der Waals surface area contributed by atoms with Gasteiger partial charge in [-0.05, 0) is 63.2 Å². The normalized spacial score (nSPS) is 13.1. The van der Waals surface area contributed by atoms with Crippen molar-refractivity contribution in [3.05, 3.63) is 97.5 Å². The molecule has 0 saturated heterocycles. The summed E-state index contributed by atoms with van der Waals surface area (Å²) in [5.41, 5.74) is 1.99. The van der Waals surface area contributed by atoms with Gasteiger partial charge in [-0.2, -0.15) is 9.67 Å². The number of aromatic nitrogens is 4. The van der Waals surface area contributed by atoms with Gasteiger partial charge in [0, 0.05) is 27.1 Å². The number of rotatable bonds is 5. The number of fused-ring (bicyclic) bond motifs is 1. The SMILES string of the molecule is CC1=[N+](C(=O)c2ccc(Cl)c(Cl)c2)Cc2nc(N(C)c3ccnn3C)n(-c3ccc(C(=O)OC(C)(C)C)cc3)c(=O)c2C1. The Morgan fingerprint density at radius 3 is 2.30 bits per heavy atom. The molecule has 0 fully saturated rings. The zero-order valence-electron chi connectivity index (χ0n) is 24.7. The minimum Gasteiger partial charge on any atom is -0.456 e. The molecule has 5 rings (SSSR count). The summed E-state index contributed by atoms with van der Waals surface area (Å²) in [5.74, 6) is 0.276. The summed E-state index contributed by atoms with van der Waals surface area (Å²) < 4.78 is 10.3. The number of carbonyl (C=O) groups is 2. The first-order valence-corrected chi connectivity index (χ1v) is 14.3. The minimum atomic E-state index is -0.641. The summed E-state index contributed by atoms with van der Waals surface area (Å²) in [4.78, 5) is 47.0. The molecule has 10 nitrogen and oxygen atoms in total. The van der Waals surface area contributed by atoms with Gasteiger partial charge in [-0.15, -0.1) is 0 Å². The Balaban J connectivity index is 1.61. The van der Waals surface area contributed by atoms with Gasteiger partial charge in [-0.3, -0.25) is 14.4 Å². The van der Waals surface area contributed by atoms with Gasteiger partial charge in [0.15, 0.2) is 12.3 Å². The lowest BCUT2D eigenvalue weighted by Crippen LogP contribution is -2.39. The Labute approximate surface area is 258 Å². The maximum atomic E-state index is 14.2. The van der Waals surface area contributed by atoms with Crippen LogP contribution < -0.4 is 10.5 Å². The fourth-order valence-electron chi connectivity index (χ4n) is 4.90. The van der Waals surface area contributed by atoms with Crippen LogP contribution in [0.5, 0.6) is 0 Å². The molecule has 43 heavy (non-hydrogen) atoms. The summed E-state index contributed by atoms with van der Waals surface area (Å²) in [5, 5.41) is 4.89. The van der Waals surface area contributed by atoms with Crippen LogP contribution in [0.1, 0.15) is 59.7 Å². The molecule has 2 aromatic heterocycles. The highest BCUT2D eigenvalue weighted by Gasteiger charge is 2.34. The summed E-state index contributed by atoms with van der Waals surface area (Å²) in [7, 11) is 3.58. The molecule has 0 atom stereocenters. The maximum Gasteiger partial charge on any atom is 0.419 e. The van der Waals surface area contributed by atoms with Crippen LogP contribution in [0.2, 0.25) is 10.0 Å². The van der Waals surface area contributed by atoms with Crippen LogP contribution in [-0.2, 0) is 24.8 Å². The van der Waals surface area contributed by atoms with Gasteiger partial charge in [-0.1, -0.05) is 23.2 Å². The Kier molecular flexibility index (Phi) is 8.02. The van der Waals surface area contributed by atoms with Crippen molar-refractivity contribution in [2.24, 2.45) is 7.05 Å². The molecule has 0 unspecified atom stereocenters. The second kappa shape index (κ2) is 11.4. The van der Waals surface area contributed by atoms with Gasteiger partial charge >= 0.3 is 11.9 Å². The third-order valence-corrected chi connectivity index (χ3v) is 7.80. The van der Waals surface area contributed by atoms with Crippen LogP contribution in [0.3, 0.4) is 0 Å². The van der Waals surface area contributed by atoms with Crippen molar-refractivity contribution < 1.29 is 18.9 Å². The lowest BCUT2D eigenvalue weighted by molar-refractivity contribution is -0.450. The predicted molar refractivity (Wildman–Crippen MR) is 165 cm³/mol. The number of carbonyl (C=O) groups excluding carboxylic acids is 2. The molecule has 0 radical (unpaired) electrons. The van der Waals surface area contributed by atoms with Crippen LogP contribution in [0.4, 0.5) is 11.8 Å². The number of benzene rings is 2. The summed E-state index contributed by atoms with van der Waals surface area (Å²) in [6, 6.07) is 13.2. The highest BCUT2D eigenvalue weighted by Crippen LogP contribution is 2.27. The van der Waals surface area contributed by atoms with Gasteiger partial charge < -0.3 is 4.74 Å². The number of nitrogens with zero attached hydrogens (tertiary/aromatic N) is 6. The molecule has 0 aliphatic carbocycles. The lowest BCUT2D eigenvalue weighted by atomic mass is 10.0. The zero-order chi connectivity index (χ0) is 31.2. The number of ether oxygens (including phenoxy) is 1. The van der Waals surface area contributed by atoms with E-state index in [4.69, 9.17) is 32.9 Å². The summed E-state index contributed by atoms with van der Waals surface area (Å²) in [6.07, 6.45) is 1.87. The number of anilines is 2. The fourth-order valence-corrected chi connectivity index (χ4v) is 5.20. The van der Waals surface area contributed by atoms with E-state index in [1.54, 1.807) is 97.7 Å². The molecule has 222 valence electrons. The average Bonchev–Trinajstić information content (AvgIpc) is 3.38. The number of halogens is 2. The van der Waals surface area contributed by atoms with Gasteiger partial charge in [0.25, 0.3) is 5.56 Å². The van der Waals surface area contributed by atoms with Crippen LogP contribution in [0.25, 0.3) is 5.69 Å². The van der Waals surface area contributed by atoms with E-state index < -0.39 is 11.6 Å². The quantitative estimate of drug-likeness (QED) is 0.218. The highest BCUT2D eigenvalue weighted by molar-refractivity contribution is 6.42. The Bertz CT molecular complexity index is 1850. The van der Waals surface area contributed by atoms with E-state index in [0.717, 1.165) is 0 Å². The van der Waals surface area contributed by atoms with Crippen molar-refractivity contribution >= 4 is 52.6 Å². The lowest BCUT2D eigenvalue weighted by Gasteiger charge is -2.25. The highest BCUT2D eigenvalue weighted by atomic mass is 35.5. The van der Waals surface area contributed by atoms with E-state index in [-0.39, 0.29) is 29.5 Å². The molecule has 0 bridgehead atoms. The first kappa shape index (κ1) is 30.2. The molecule has 2 aromatic carbocycles. The molecule has 3 heterocycles. The molecule has 0 N–H and O–H groups in total. The molecular formula is C31H31Cl2N6O4+. The summed E-state index contributed by atoms with van der Waals surface area (Å²) >= 11 is 12.2. The van der Waals surface area contributed by atoms with E-state index in [1.807, 2.05) is 6.92 Å². The van der Waals surface area contributed by atoms with Crippen molar-refractivity contribution in [3.63, 3.8) is 0 Å². The van der Waals surface area contributed by atoms with Gasteiger partial charge in [0.05, 0.1) is 45.0 Å².